The fourth-order valence-corrected chi connectivity index (χ4v) is 4.22. The van der Waals surface area contributed by atoms with Crippen molar-refractivity contribution in [1.82, 2.24) is 20.0 Å². The quantitative estimate of drug-likeness (QED) is 0.878. The number of aryl methyl sites for hydroxylation is 2. The summed E-state index contributed by atoms with van der Waals surface area (Å²) in [5, 5.41) is 7.98. The van der Waals surface area contributed by atoms with Crippen LogP contribution >= 0.6 is 12.4 Å². The first-order valence-electron chi connectivity index (χ1n) is 9.20. The van der Waals surface area contributed by atoms with Gasteiger partial charge in [-0.3, -0.25) is 4.79 Å². The molecule has 1 aromatic heterocycles. The predicted octanol–water partition coefficient (Wildman–Crippen LogP) is 3.13. The molecule has 4 rings (SSSR count). The first kappa shape index (κ1) is 18.9. The van der Waals surface area contributed by atoms with Crippen LogP contribution in [0.1, 0.15) is 41.0 Å². The molecule has 26 heavy (non-hydrogen) atoms. The number of nitrogens with zero attached hydrogens (tertiary/aromatic N) is 3. The summed E-state index contributed by atoms with van der Waals surface area (Å²) in [5.74, 6) is 0.153. The lowest BCUT2D eigenvalue weighted by molar-refractivity contribution is 0.0607. The highest BCUT2D eigenvalue weighted by Crippen LogP contribution is 2.37. The average Bonchev–Trinajstić information content (AvgIpc) is 3.21. The zero-order valence-electron chi connectivity index (χ0n) is 15.5. The lowest BCUT2D eigenvalue weighted by Gasteiger charge is -2.38. The second-order valence-electron chi connectivity index (χ2n) is 7.60. The lowest BCUT2D eigenvalue weighted by Crippen LogP contribution is -2.44. The van der Waals surface area contributed by atoms with E-state index in [1.165, 1.54) is 6.42 Å². The van der Waals surface area contributed by atoms with Crippen molar-refractivity contribution < 1.29 is 4.79 Å². The van der Waals surface area contributed by atoms with Gasteiger partial charge < -0.3 is 10.2 Å². The fraction of sp³-hybridized carbons (Fsp3) is 0.500. The number of benzene rings is 1. The number of hydrogen-bond acceptors (Lipinski definition) is 3. The number of nitrogens with one attached hydrogen (secondary N) is 1. The van der Waals surface area contributed by atoms with E-state index in [1.807, 2.05) is 47.7 Å². The molecule has 2 aliphatic rings. The molecule has 1 aromatic carbocycles. The molecule has 0 saturated carbocycles. The van der Waals surface area contributed by atoms with E-state index in [0.29, 0.717) is 5.41 Å². The van der Waals surface area contributed by atoms with Gasteiger partial charge in [0, 0.05) is 30.9 Å². The molecule has 0 unspecified atom stereocenters. The number of rotatable bonds is 2. The van der Waals surface area contributed by atoms with E-state index >= 15 is 0 Å². The van der Waals surface area contributed by atoms with Gasteiger partial charge in [-0.1, -0.05) is 0 Å². The molecule has 2 saturated heterocycles. The molecular formula is C20H27ClN4O. The van der Waals surface area contributed by atoms with Gasteiger partial charge in [0.05, 0.1) is 11.4 Å². The first-order chi connectivity index (χ1) is 12.1. The topological polar surface area (TPSA) is 50.2 Å². The molecule has 2 aliphatic heterocycles. The molecular weight excluding hydrogens is 348 g/mol. The third-order valence-corrected chi connectivity index (χ3v) is 5.81. The Morgan fingerprint density at radius 2 is 1.81 bits per heavy atom. The number of likely N-dealkylation sites (tertiary alicyclic amines) is 1. The smallest absolute Gasteiger partial charge is 0.253 e. The van der Waals surface area contributed by atoms with Gasteiger partial charge in [-0.05, 0) is 75.4 Å². The molecule has 0 radical (unpaired) electrons. The molecule has 0 aliphatic carbocycles. The Hall–Kier alpha value is -1.85. The van der Waals surface area contributed by atoms with Crippen molar-refractivity contribution in [2.24, 2.45) is 5.41 Å². The Bertz CT molecular complexity index is 768. The van der Waals surface area contributed by atoms with Crippen LogP contribution in [-0.2, 0) is 0 Å². The summed E-state index contributed by atoms with van der Waals surface area (Å²) in [6.07, 6.45) is 3.50. The summed E-state index contributed by atoms with van der Waals surface area (Å²) in [5.41, 5.74) is 4.31. The van der Waals surface area contributed by atoms with Crippen molar-refractivity contribution in [3.8, 4) is 5.69 Å². The minimum Gasteiger partial charge on any atom is -0.339 e. The third-order valence-electron chi connectivity index (χ3n) is 5.81. The predicted molar refractivity (Wildman–Crippen MR) is 105 cm³/mol. The number of carbonyl (C=O) groups is 1. The van der Waals surface area contributed by atoms with Crippen LogP contribution in [0, 0.1) is 19.3 Å². The zero-order chi connectivity index (χ0) is 17.4. The number of carbonyl (C=O) groups excluding carboxylic acids is 1. The van der Waals surface area contributed by atoms with E-state index in [0.717, 1.165) is 61.7 Å². The molecule has 2 fully saturated rings. The van der Waals surface area contributed by atoms with Gasteiger partial charge >= 0.3 is 0 Å². The van der Waals surface area contributed by atoms with Crippen molar-refractivity contribution >= 4 is 18.3 Å². The van der Waals surface area contributed by atoms with Gasteiger partial charge in [0.25, 0.3) is 5.91 Å². The maximum Gasteiger partial charge on any atom is 0.253 e. The van der Waals surface area contributed by atoms with Gasteiger partial charge in [-0.25, -0.2) is 4.68 Å². The summed E-state index contributed by atoms with van der Waals surface area (Å²) in [4.78, 5) is 14.8. The van der Waals surface area contributed by atoms with E-state index in [2.05, 4.69) is 16.5 Å². The number of amides is 1. The fourth-order valence-electron chi connectivity index (χ4n) is 4.22. The number of aromatic nitrogens is 2. The highest BCUT2D eigenvalue weighted by Gasteiger charge is 2.38. The molecule has 3 heterocycles. The van der Waals surface area contributed by atoms with Crippen molar-refractivity contribution in [1.29, 1.82) is 0 Å². The minimum absolute atomic E-state index is 0. The summed E-state index contributed by atoms with van der Waals surface area (Å²) in [7, 11) is 0. The van der Waals surface area contributed by atoms with Gasteiger partial charge in [0.15, 0.2) is 0 Å². The van der Waals surface area contributed by atoms with E-state index in [9.17, 15) is 4.79 Å². The van der Waals surface area contributed by atoms with Crippen LogP contribution in [-0.4, -0.2) is 46.8 Å². The van der Waals surface area contributed by atoms with Crippen LogP contribution < -0.4 is 5.32 Å². The Kier molecular flexibility index (Phi) is 5.39. The van der Waals surface area contributed by atoms with Crippen molar-refractivity contribution in [3.63, 3.8) is 0 Å². The minimum atomic E-state index is 0. The summed E-state index contributed by atoms with van der Waals surface area (Å²) in [6, 6.07) is 9.88. The van der Waals surface area contributed by atoms with E-state index < -0.39 is 0 Å². The summed E-state index contributed by atoms with van der Waals surface area (Å²) in [6.45, 7) is 8.03. The number of hydrogen-bond donors (Lipinski definition) is 1. The molecule has 0 bridgehead atoms. The van der Waals surface area contributed by atoms with Gasteiger partial charge in [0.1, 0.15) is 0 Å². The van der Waals surface area contributed by atoms with E-state index in [-0.39, 0.29) is 18.3 Å². The van der Waals surface area contributed by atoms with Crippen LogP contribution in [0.5, 0.6) is 0 Å². The van der Waals surface area contributed by atoms with Crippen molar-refractivity contribution in [2.45, 2.75) is 33.1 Å². The third kappa shape index (κ3) is 3.51. The Morgan fingerprint density at radius 3 is 2.35 bits per heavy atom. The zero-order valence-corrected chi connectivity index (χ0v) is 16.3. The maximum absolute atomic E-state index is 12.8. The highest BCUT2D eigenvalue weighted by molar-refractivity contribution is 5.94. The van der Waals surface area contributed by atoms with E-state index in [4.69, 9.17) is 0 Å². The molecule has 0 atom stereocenters. The lowest BCUT2D eigenvalue weighted by atomic mass is 9.78. The van der Waals surface area contributed by atoms with Crippen LogP contribution in [0.2, 0.25) is 0 Å². The molecule has 5 nitrogen and oxygen atoms in total. The van der Waals surface area contributed by atoms with Gasteiger partial charge in [0.2, 0.25) is 0 Å². The highest BCUT2D eigenvalue weighted by atomic mass is 35.5. The molecule has 1 amide bonds. The standard InChI is InChI=1S/C20H26N4O.ClH/c1-15-13-16(2)24(22-15)18-5-3-17(4-6-18)19(25)23-11-8-20(9-12-23)7-10-21-14-20;/h3-6,13,21H,7-12,14H2,1-2H3;1H. The second-order valence-corrected chi connectivity index (χ2v) is 7.60. The van der Waals surface area contributed by atoms with Crippen LogP contribution in [0.15, 0.2) is 30.3 Å². The normalized spacial score (nSPS) is 18.8. The van der Waals surface area contributed by atoms with Crippen LogP contribution in [0.3, 0.4) is 0 Å². The van der Waals surface area contributed by atoms with Crippen LogP contribution in [0.25, 0.3) is 5.69 Å². The molecule has 2 aromatic rings. The largest absolute Gasteiger partial charge is 0.339 e. The molecule has 140 valence electrons. The van der Waals surface area contributed by atoms with Crippen LogP contribution in [0.4, 0.5) is 0 Å². The first-order valence-corrected chi connectivity index (χ1v) is 9.20. The molecule has 6 heteroatoms. The number of halogens is 1. The van der Waals surface area contributed by atoms with E-state index in [1.54, 1.807) is 0 Å². The average molecular weight is 375 g/mol. The SMILES string of the molecule is Cc1cc(C)n(-c2ccc(C(=O)N3CCC4(CCNC4)CC3)cc2)n1.Cl. The Morgan fingerprint density at radius 1 is 1.12 bits per heavy atom. The van der Waals surface area contributed by atoms with Crippen molar-refractivity contribution in [2.75, 3.05) is 26.2 Å². The Labute approximate surface area is 161 Å². The van der Waals surface area contributed by atoms with Gasteiger partial charge in [-0.15, -0.1) is 12.4 Å². The molecule has 1 N–H and O–H groups in total. The van der Waals surface area contributed by atoms with Crippen molar-refractivity contribution in [3.05, 3.63) is 47.3 Å². The molecule has 1 spiro atoms. The number of piperidine rings is 1. The summed E-state index contributed by atoms with van der Waals surface area (Å²) >= 11 is 0. The maximum atomic E-state index is 12.8. The monoisotopic (exact) mass is 374 g/mol. The summed E-state index contributed by atoms with van der Waals surface area (Å²) < 4.78 is 1.92. The second kappa shape index (κ2) is 7.41. The van der Waals surface area contributed by atoms with Gasteiger partial charge in [-0.2, -0.15) is 5.10 Å². The Balaban J connectivity index is 0.00000196.